The molecule has 0 bridgehead atoms. The van der Waals surface area contributed by atoms with Gasteiger partial charge in [-0.2, -0.15) is 5.10 Å². The number of H-pyrrole nitrogens is 1. The first-order valence-corrected chi connectivity index (χ1v) is 5.75. The van der Waals surface area contributed by atoms with Gasteiger partial charge in [0.25, 0.3) is 0 Å². The van der Waals surface area contributed by atoms with Gasteiger partial charge in [0.2, 0.25) is 0 Å². The molecule has 0 saturated heterocycles. The van der Waals surface area contributed by atoms with E-state index >= 15 is 0 Å². The fourth-order valence-corrected chi connectivity index (χ4v) is 1.74. The minimum absolute atomic E-state index is 0.326. The van der Waals surface area contributed by atoms with Gasteiger partial charge in [-0.05, 0) is 35.2 Å². The summed E-state index contributed by atoms with van der Waals surface area (Å²) < 4.78 is 5.59. The number of hydrogen-bond donors (Lipinski definition) is 1. The molecule has 0 amide bonds. The highest BCUT2D eigenvalue weighted by atomic mass is 79.9. The number of aromatic nitrogens is 2. The van der Waals surface area contributed by atoms with Crippen molar-refractivity contribution < 1.29 is 9.53 Å². The lowest BCUT2D eigenvalue weighted by molar-refractivity contribution is 0.0518. The summed E-state index contributed by atoms with van der Waals surface area (Å²) in [5.74, 6) is 0.118. The number of nitrogens with zero attached hydrogens (tertiary/aromatic N) is 1. The molecule has 15 heavy (non-hydrogen) atoms. The van der Waals surface area contributed by atoms with Crippen LogP contribution in [0.2, 0.25) is 0 Å². The maximum absolute atomic E-state index is 11.4. The minimum Gasteiger partial charge on any atom is -0.461 e. The third-order valence-corrected chi connectivity index (χ3v) is 2.71. The van der Waals surface area contributed by atoms with Crippen LogP contribution in [0.5, 0.6) is 0 Å². The van der Waals surface area contributed by atoms with Gasteiger partial charge in [0.1, 0.15) is 0 Å². The number of rotatable bonds is 4. The first kappa shape index (κ1) is 12.2. The molecule has 84 valence electrons. The van der Waals surface area contributed by atoms with Gasteiger partial charge < -0.3 is 4.74 Å². The average molecular weight is 275 g/mol. The summed E-state index contributed by atoms with van der Waals surface area (Å²) in [6.45, 7) is 6.35. The van der Waals surface area contributed by atoms with Gasteiger partial charge in [0.05, 0.1) is 16.8 Å². The number of nitrogens with one attached hydrogen (secondary N) is 1. The van der Waals surface area contributed by atoms with E-state index in [9.17, 15) is 4.79 Å². The van der Waals surface area contributed by atoms with Gasteiger partial charge in [-0.3, -0.25) is 5.10 Å². The molecule has 0 aromatic carbocycles. The van der Waals surface area contributed by atoms with E-state index in [1.807, 2.05) is 0 Å². The maximum Gasteiger partial charge on any atom is 0.360 e. The Hall–Kier alpha value is -0.840. The van der Waals surface area contributed by atoms with Crippen LogP contribution in [0.15, 0.2) is 4.47 Å². The van der Waals surface area contributed by atoms with Gasteiger partial charge in [-0.15, -0.1) is 0 Å². The lowest BCUT2D eigenvalue weighted by atomic mass is 10.1. The molecular formula is C10H15BrN2O2. The average Bonchev–Trinajstić information content (AvgIpc) is 2.48. The Bertz CT molecular complexity index is 347. The fourth-order valence-electron chi connectivity index (χ4n) is 1.24. The zero-order chi connectivity index (χ0) is 11.4. The lowest BCUT2D eigenvalue weighted by Gasteiger charge is -2.02. The van der Waals surface area contributed by atoms with Crippen molar-refractivity contribution in [2.75, 3.05) is 6.61 Å². The highest BCUT2D eigenvalue weighted by Gasteiger charge is 2.18. The molecule has 0 radical (unpaired) electrons. The van der Waals surface area contributed by atoms with Crippen molar-refractivity contribution >= 4 is 21.9 Å². The molecule has 1 aromatic heterocycles. The molecule has 0 unspecified atom stereocenters. The quantitative estimate of drug-likeness (QED) is 0.859. The smallest absolute Gasteiger partial charge is 0.360 e. The Kier molecular flexibility index (Phi) is 4.32. The molecule has 0 fully saturated rings. The summed E-state index contributed by atoms with van der Waals surface area (Å²) >= 11 is 3.36. The molecule has 0 aliphatic rings. The number of carbonyl (C=O) groups is 1. The third kappa shape index (κ3) is 3.06. The summed E-state index contributed by atoms with van der Waals surface area (Å²) in [5.41, 5.74) is 1.26. The topological polar surface area (TPSA) is 55.0 Å². The largest absolute Gasteiger partial charge is 0.461 e. The molecule has 1 aromatic rings. The zero-order valence-corrected chi connectivity index (χ0v) is 10.7. The molecule has 1 rings (SSSR count). The second-order valence-corrected chi connectivity index (χ2v) is 4.48. The monoisotopic (exact) mass is 274 g/mol. The Labute approximate surface area is 97.5 Å². The van der Waals surface area contributed by atoms with E-state index in [1.165, 1.54) is 0 Å². The standard InChI is InChI=1S/C10H15BrN2O2/c1-4-15-10(14)9-8(11)7(12-13-9)5-6(2)3/h6H,4-5H2,1-3H3,(H,12,13). The van der Waals surface area contributed by atoms with Gasteiger partial charge in [-0.1, -0.05) is 13.8 Å². The SMILES string of the molecule is CCOC(=O)c1n[nH]c(CC(C)C)c1Br. The Morgan fingerprint density at radius 2 is 2.27 bits per heavy atom. The number of esters is 1. The van der Waals surface area contributed by atoms with E-state index in [4.69, 9.17) is 4.74 Å². The van der Waals surface area contributed by atoms with Crippen molar-refractivity contribution in [2.45, 2.75) is 27.2 Å². The molecular weight excluding hydrogens is 260 g/mol. The summed E-state index contributed by atoms with van der Waals surface area (Å²) in [6.07, 6.45) is 0.854. The van der Waals surface area contributed by atoms with Gasteiger partial charge in [-0.25, -0.2) is 4.79 Å². The van der Waals surface area contributed by atoms with Crippen LogP contribution in [0.1, 0.15) is 37.0 Å². The van der Waals surface area contributed by atoms with Crippen LogP contribution >= 0.6 is 15.9 Å². The normalized spacial score (nSPS) is 10.7. The fraction of sp³-hybridized carbons (Fsp3) is 0.600. The van der Waals surface area contributed by atoms with Crippen LogP contribution in [0, 0.1) is 5.92 Å². The van der Waals surface area contributed by atoms with E-state index in [2.05, 4.69) is 40.0 Å². The van der Waals surface area contributed by atoms with Gasteiger partial charge in [0, 0.05) is 0 Å². The molecule has 0 aliphatic carbocycles. The van der Waals surface area contributed by atoms with Crippen molar-refractivity contribution in [3.05, 3.63) is 15.9 Å². The molecule has 0 spiro atoms. The second-order valence-electron chi connectivity index (χ2n) is 3.68. The first-order valence-electron chi connectivity index (χ1n) is 4.96. The maximum atomic E-state index is 11.4. The summed E-state index contributed by atoms with van der Waals surface area (Å²) in [5, 5.41) is 6.79. The molecule has 1 heterocycles. The van der Waals surface area contributed by atoms with Crippen LogP contribution in [-0.4, -0.2) is 22.8 Å². The van der Waals surface area contributed by atoms with Crippen molar-refractivity contribution in [1.82, 2.24) is 10.2 Å². The lowest BCUT2D eigenvalue weighted by Crippen LogP contribution is -2.05. The Morgan fingerprint density at radius 1 is 1.60 bits per heavy atom. The van der Waals surface area contributed by atoms with E-state index < -0.39 is 5.97 Å². The molecule has 5 heteroatoms. The highest BCUT2D eigenvalue weighted by Crippen LogP contribution is 2.22. The van der Waals surface area contributed by atoms with E-state index in [1.54, 1.807) is 6.92 Å². The minimum atomic E-state index is -0.393. The van der Waals surface area contributed by atoms with E-state index in [-0.39, 0.29) is 0 Å². The van der Waals surface area contributed by atoms with Crippen molar-refractivity contribution in [1.29, 1.82) is 0 Å². The van der Waals surface area contributed by atoms with Crippen LogP contribution in [-0.2, 0) is 11.2 Å². The Morgan fingerprint density at radius 3 is 2.80 bits per heavy atom. The molecule has 0 aliphatic heterocycles. The van der Waals surface area contributed by atoms with E-state index in [0.29, 0.717) is 18.2 Å². The van der Waals surface area contributed by atoms with Crippen LogP contribution in [0.4, 0.5) is 0 Å². The predicted molar refractivity (Wildman–Crippen MR) is 60.8 cm³/mol. The van der Waals surface area contributed by atoms with E-state index in [0.717, 1.165) is 16.6 Å². The van der Waals surface area contributed by atoms with Crippen molar-refractivity contribution in [2.24, 2.45) is 5.92 Å². The van der Waals surface area contributed by atoms with Crippen molar-refractivity contribution in [3.8, 4) is 0 Å². The molecule has 0 atom stereocenters. The van der Waals surface area contributed by atoms with Crippen molar-refractivity contribution in [3.63, 3.8) is 0 Å². The van der Waals surface area contributed by atoms with Gasteiger partial charge in [0.15, 0.2) is 5.69 Å². The van der Waals surface area contributed by atoms with Gasteiger partial charge >= 0.3 is 5.97 Å². The summed E-state index contributed by atoms with van der Waals surface area (Å²) in [4.78, 5) is 11.4. The molecule has 1 N–H and O–H groups in total. The number of halogens is 1. The number of carbonyl (C=O) groups excluding carboxylic acids is 1. The summed E-state index contributed by atoms with van der Waals surface area (Å²) in [6, 6.07) is 0. The second kappa shape index (κ2) is 5.30. The summed E-state index contributed by atoms with van der Waals surface area (Å²) in [7, 11) is 0. The van der Waals surface area contributed by atoms with Crippen LogP contribution < -0.4 is 0 Å². The number of ether oxygens (including phenoxy) is 1. The number of hydrogen-bond acceptors (Lipinski definition) is 3. The third-order valence-electron chi connectivity index (χ3n) is 1.86. The zero-order valence-electron chi connectivity index (χ0n) is 9.13. The molecule has 0 saturated carbocycles. The van der Waals surface area contributed by atoms with Crippen LogP contribution in [0.3, 0.4) is 0 Å². The molecule has 4 nitrogen and oxygen atoms in total. The highest BCUT2D eigenvalue weighted by molar-refractivity contribution is 9.10. The predicted octanol–water partition coefficient (Wildman–Crippen LogP) is 2.55. The Balaban J connectivity index is 2.84. The number of aromatic amines is 1. The van der Waals surface area contributed by atoms with Crippen LogP contribution in [0.25, 0.3) is 0 Å². The first-order chi connectivity index (χ1) is 7.06.